The van der Waals surface area contributed by atoms with Gasteiger partial charge >= 0.3 is 0 Å². The molecule has 0 fully saturated rings. The van der Waals surface area contributed by atoms with E-state index in [2.05, 4.69) is 10.1 Å². The molecule has 7 nitrogen and oxygen atoms in total. The van der Waals surface area contributed by atoms with E-state index >= 15 is 0 Å². The van der Waals surface area contributed by atoms with Crippen molar-refractivity contribution in [3.63, 3.8) is 0 Å². The fraction of sp³-hybridized carbons (Fsp3) is 0.250. The molecule has 1 amide bonds. The van der Waals surface area contributed by atoms with Crippen LogP contribution in [0.3, 0.4) is 0 Å². The lowest BCUT2D eigenvalue weighted by molar-refractivity contribution is -0.134. The minimum Gasteiger partial charge on any atom is -0.497 e. The predicted molar refractivity (Wildman–Crippen MR) is 101 cm³/mol. The molecule has 0 N–H and O–H groups in total. The minimum absolute atomic E-state index is 0.0236. The number of nitrogens with zero attached hydrogens (tertiary/aromatic N) is 4. The summed E-state index contributed by atoms with van der Waals surface area (Å²) in [7, 11) is 3.38. The standard InChI is InChI=1S/C20H22N4O3/c1-15(16-4-6-17(7-5-16)24-14-21-13-22-24)23(2)20(25)12-27-19-10-8-18(26-3)9-11-19/h4-11,13-15H,12H2,1-3H3. The van der Waals surface area contributed by atoms with Crippen LogP contribution >= 0.6 is 0 Å². The lowest BCUT2D eigenvalue weighted by Gasteiger charge is -2.25. The number of likely N-dealkylation sites (N-methyl/N-ethyl adjacent to an activating group) is 1. The Hall–Kier alpha value is -3.35. The number of aromatic nitrogens is 3. The lowest BCUT2D eigenvalue weighted by atomic mass is 10.1. The van der Waals surface area contributed by atoms with Crippen molar-refractivity contribution in [2.45, 2.75) is 13.0 Å². The summed E-state index contributed by atoms with van der Waals surface area (Å²) in [6.45, 7) is 1.96. The highest BCUT2D eigenvalue weighted by atomic mass is 16.5. The summed E-state index contributed by atoms with van der Waals surface area (Å²) in [6, 6.07) is 14.9. The van der Waals surface area contributed by atoms with Crippen molar-refractivity contribution >= 4 is 5.91 Å². The Morgan fingerprint density at radius 3 is 2.37 bits per heavy atom. The monoisotopic (exact) mass is 366 g/mol. The van der Waals surface area contributed by atoms with Crippen LogP contribution in [0, 0.1) is 0 Å². The van der Waals surface area contributed by atoms with E-state index in [4.69, 9.17) is 9.47 Å². The van der Waals surface area contributed by atoms with Gasteiger partial charge in [-0.25, -0.2) is 9.67 Å². The van der Waals surface area contributed by atoms with Crippen molar-refractivity contribution in [1.29, 1.82) is 0 Å². The average Bonchev–Trinajstić information content (AvgIpc) is 3.26. The zero-order valence-corrected chi connectivity index (χ0v) is 15.6. The third-order valence-electron chi connectivity index (χ3n) is 4.45. The quantitative estimate of drug-likeness (QED) is 0.643. The summed E-state index contributed by atoms with van der Waals surface area (Å²) in [5.74, 6) is 1.27. The molecule has 0 aliphatic heterocycles. The number of rotatable bonds is 7. The number of ether oxygens (including phenoxy) is 2. The molecule has 0 saturated heterocycles. The molecule has 27 heavy (non-hydrogen) atoms. The maximum Gasteiger partial charge on any atom is 0.260 e. The summed E-state index contributed by atoms with van der Waals surface area (Å²) >= 11 is 0. The van der Waals surface area contributed by atoms with Gasteiger partial charge in [0.05, 0.1) is 18.8 Å². The van der Waals surface area contributed by atoms with E-state index in [9.17, 15) is 4.79 Å². The molecule has 0 aliphatic carbocycles. The third-order valence-corrected chi connectivity index (χ3v) is 4.45. The maximum absolute atomic E-state index is 12.5. The van der Waals surface area contributed by atoms with Crippen molar-refractivity contribution < 1.29 is 14.3 Å². The van der Waals surface area contributed by atoms with E-state index in [1.54, 1.807) is 54.3 Å². The van der Waals surface area contributed by atoms with Gasteiger partial charge in [0, 0.05) is 7.05 Å². The molecule has 3 rings (SSSR count). The number of hydrogen-bond acceptors (Lipinski definition) is 5. The molecule has 0 spiro atoms. The number of methoxy groups -OCH3 is 1. The van der Waals surface area contributed by atoms with Gasteiger partial charge in [0.25, 0.3) is 5.91 Å². The first-order valence-electron chi connectivity index (χ1n) is 8.56. The van der Waals surface area contributed by atoms with Gasteiger partial charge in [0.1, 0.15) is 24.2 Å². The van der Waals surface area contributed by atoms with Crippen LogP contribution in [0.2, 0.25) is 0 Å². The Morgan fingerprint density at radius 2 is 1.78 bits per heavy atom. The van der Waals surface area contributed by atoms with Gasteiger partial charge in [-0.2, -0.15) is 5.10 Å². The van der Waals surface area contributed by atoms with E-state index in [1.807, 2.05) is 31.2 Å². The van der Waals surface area contributed by atoms with Gasteiger partial charge < -0.3 is 14.4 Å². The highest BCUT2D eigenvalue weighted by Gasteiger charge is 2.18. The SMILES string of the molecule is COc1ccc(OCC(=O)N(C)C(C)c2ccc(-n3cncn3)cc2)cc1. The summed E-state index contributed by atoms with van der Waals surface area (Å²) in [4.78, 5) is 18.1. The summed E-state index contributed by atoms with van der Waals surface area (Å²) in [6.07, 6.45) is 3.14. The Balaban J connectivity index is 1.58. The number of amides is 1. The van der Waals surface area contributed by atoms with E-state index in [0.29, 0.717) is 5.75 Å². The van der Waals surface area contributed by atoms with Crippen LogP contribution in [0.5, 0.6) is 11.5 Å². The van der Waals surface area contributed by atoms with E-state index in [1.165, 1.54) is 6.33 Å². The maximum atomic E-state index is 12.5. The van der Waals surface area contributed by atoms with Crippen LogP contribution in [0.25, 0.3) is 5.69 Å². The van der Waals surface area contributed by atoms with Crippen LogP contribution in [0.4, 0.5) is 0 Å². The first-order chi connectivity index (χ1) is 13.1. The second-order valence-electron chi connectivity index (χ2n) is 6.08. The normalized spacial score (nSPS) is 11.7. The predicted octanol–water partition coefficient (Wildman–Crippen LogP) is 2.87. The molecule has 2 aromatic carbocycles. The molecule has 0 aliphatic rings. The molecule has 0 saturated carbocycles. The highest BCUT2D eigenvalue weighted by Crippen LogP contribution is 2.21. The molecule has 1 unspecified atom stereocenters. The van der Waals surface area contributed by atoms with Crippen molar-refractivity contribution in [2.75, 3.05) is 20.8 Å². The second kappa shape index (κ2) is 8.35. The largest absolute Gasteiger partial charge is 0.497 e. The summed E-state index contributed by atoms with van der Waals surface area (Å²) in [5.41, 5.74) is 1.94. The molecule has 0 radical (unpaired) electrons. The Kier molecular flexibility index (Phi) is 5.71. The number of benzene rings is 2. The van der Waals surface area contributed by atoms with Crippen LogP contribution in [0.15, 0.2) is 61.2 Å². The van der Waals surface area contributed by atoms with Gasteiger partial charge in [0.15, 0.2) is 6.61 Å². The van der Waals surface area contributed by atoms with Gasteiger partial charge in [0.2, 0.25) is 0 Å². The molecule has 1 heterocycles. The zero-order chi connectivity index (χ0) is 19.2. The molecule has 0 bridgehead atoms. The topological polar surface area (TPSA) is 69.5 Å². The fourth-order valence-electron chi connectivity index (χ4n) is 2.61. The van der Waals surface area contributed by atoms with Gasteiger partial charge in [-0.15, -0.1) is 0 Å². The van der Waals surface area contributed by atoms with Crippen molar-refractivity contribution in [3.05, 3.63) is 66.7 Å². The molecule has 3 aromatic rings. The zero-order valence-electron chi connectivity index (χ0n) is 15.6. The number of carbonyl (C=O) groups excluding carboxylic acids is 1. The molecule has 140 valence electrons. The highest BCUT2D eigenvalue weighted by molar-refractivity contribution is 5.78. The van der Waals surface area contributed by atoms with E-state index in [-0.39, 0.29) is 18.6 Å². The summed E-state index contributed by atoms with van der Waals surface area (Å²) in [5, 5.41) is 4.10. The smallest absolute Gasteiger partial charge is 0.260 e. The molecule has 1 aromatic heterocycles. The molecule has 1 atom stereocenters. The van der Waals surface area contributed by atoms with Crippen molar-refractivity contribution in [2.24, 2.45) is 0 Å². The second-order valence-corrected chi connectivity index (χ2v) is 6.08. The Labute approximate surface area is 158 Å². The first kappa shape index (κ1) is 18.4. The molecule has 7 heteroatoms. The van der Waals surface area contributed by atoms with Crippen LogP contribution in [0.1, 0.15) is 18.5 Å². The van der Waals surface area contributed by atoms with Crippen LogP contribution in [-0.2, 0) is 4.79 Å². The molecular formula is C20H22N4O3. The van der Waals surface area contributed by atoms with Crippen molar-refractivity contribution in [1.82, 2.24) is 19.7 Å². The summed E-state index contributed by atoms with van der Waals surface area (Å²) < 4.78 is 12.4. The van der Waals surface area contributed by atoms with Crippen LogP contribution < -0.4 is 9.47 Å². The number of carbonyl (C=O) groups is 1. The first-order valence-corrected chi connectivity index (χ1v) is 8.56. The van der Waals surface area contributed by atoms with E-state index < -0.39 is 0 Å². The lowest BCUT2D eigenvalue weighted by Crippen LogP contribution is -2.33. The Morgan fingerprint density at radius 1 is 1.11 bits per heavy atom. The number of hydrogen-bond donors (Lipinski definition) is 0. The third kappa shape index (κ3) is 4.44. The fourth-order valence-corrected chi connectivity index (χ4v) is 2.61. The van der Waals surface area contributed by atoms with E-state index in [0.717, 1.165) is 17.0 Å². The Bertz CT molecular complexity index is 861. The molecular weight excluding hydrogens is 344 g/mol. The van der Waals surface area contributed by atoms with Crippen molar-refractivity contribution in [3.8, 4) is 17.2 Å². The van der Waals surface area contributed by atoms with Crippen LogP contribution in [-0.4, -0.2) is 46.3 Å². The van der Waals surface area contributed by atoms with Gasteiger partial charge in [-0.05, 0) is 48.9 Å². The van der Waals surface area contributed by atoms with Gasteiger partial charge in [-0.1, -0.05) is 12.1 Å². The van der Waals surface area contributed by atoms with Gasteiger partial charge in [-0.3, -0.25) is 4.79 Å². The minimum atomic E-state index is -0.0985. The average molecular weight is 366 g/mol.